The van der Waals surface area contributed by atoms with Gasteiger partial charge in [0.15, 0.2) is 0 Å². The second kappa shape index (κ2) is 6.07. The van der Waals surface area contributed by atoms with Crippen LogP contribution in [0.25, 0.3) is 10.9 Å². The molecule has 5 nitrogen and oxygen atoms in total. The van der Waals surface area contributed by atoms with E-state index in [0.717, 1.165) is 43.6 Å². The average Bonchev–Trinajstić information content (AvgIpc) is 2.95. The molecule has 0 radical (unpaired) electrons. The highest BCUT2D eigenvalue weighted by atomic mass is 16.1. The second-order valence-electron chi connectivity index (χ2n) is 5.13. The number of hydrogen-bond donors (Lipinski definition) is 3. The summed E-state index contributed by atoms with van der Waals surface area (Å²) in [7, 11) is 0. The second-order valence-corrected chi connectivity index (χ2v) is 5.13. The smallest absolute Gasteiger partial charge is 0.251 e. The number of nitrogens with one attached hydrogen (secondary N) is 3. The molecule has 106 valence electrons. The van der Waals surface area contributed by atoms with Crippen molar-refractivity contribution in [2.24, 2.45) is 0 Å². The summed E-state index contributed by atoms with van der Waals surface area (Å²) in [5, 5.41) is 7.44. The summed E-state index contributed by atoms with van der Waals surface area (Å²) < 4.78 is 0. The van der Waals surface area contributed by atoms with Crippen molar-refractivity contribution in [3.05, 3.63) is 36.0 Å². The third-order valence-corrected chi connectivity index (χ3v) is 3.74. The number of rotatable bonds is 4. The Bertz CT molecular complexity index is 586. The Morgan fingerprint density at radius 2 is 2.10 bits per heavy atom. The number of carbonyl (C=O) groups excluding carboxylic acids is 1. The van der Waals surface area contributed by atoms with E-state index in [9.17, 15) is 4.79 Å². The number of aromatic amines is 1. The molecule has 20 heavy (non-hydrogen) atoms. The van der Waals surface area contributed by atoms with Gasteiger partial charge in [0.05, 0.1) is 0 Å². The first kappa shape index (κ1) is 13.1. The predicted octanol–water partition coefficient (Wildman–Crippen LogP) is 0.803. The first-order valence-corrected chi connectivity index (χ1v) is 7.11. The van der Waals surface area contributed by atoms with Gasteiger partial charge < -0.3 is 15.6 Å². The molecular formula is C15H20N4O. The van der Waals surface area contributed by atoms with Crippen LogP contribution in [0.5, 0.6) is 0 Å². The van der Waals surface area contributed by atoms with E-state index in [2.05, 4.69) is 20.5 Å². The number of benzene rings is 1. The van der Waals surface area contributed by atoms with Crippen molar-refractivity contribution >= 4 is 16.8 Å². The quantitative estimate of drug-likeness (QED) is 0.771. The third kappa shape index (κ3) is 3.00. The number of piperazine rings is 1. The van der Waals surface area contributed by atoms with Gasteiger partial charge in [-0.2, -0.15) is 0 Å². The van der Waals surface area contributed by atoms with Gasteiger partial charge in [-0.15, -0.1) is 0 Å². The Labute approximate surface area is 118 Å². The molecule has 1 saturated heterocycles. The van der Waals surface area contributed by atoms with E-state index in [0.29, 0.717) is 12.1 Å². The van der Waals surface area contributed by atoms with Crippen molar-refractivity contribution in [3.63, 3.8) is 0 Å². The minimum Gasteiger partial charge on any atom is -0.361 e. The first-order valence-electron chi connectivity index (χ1n) is 7.11. The molecule has 5 heteroatoms. The summed E-state index contributed by atoms with van der Waals surface area (Å²) >= 11 is 0. The van der Waals surface area contributed by atoms with Crippen LogP contribution in [0.15, 0.2) is 30.5 Å². The Hall–Kier alpha value is -1.85. The summed E-state index contributed by atoms with van der Waals surface area (Å²) in [6, 6.07) is 7.74. The van der Waals surface area contributed by atoms with Crippen LogP contribution in [0.4, 0.5) is 0 Å². The molecule has 3 rings (SSSR count). The molecular weight excluding hydrogens is 252 g/mol. The maximum absolute atomic E-state index is 12.1. The molecule has 0 saturated carbocycles. The van der Waals surface area contributed by atoms with Crippen molar-refractivity contribution in [1.82, 2.24) is 20.5 Å². The lowest BCUT2D eigenvalue weighted by Gasteiger charge is -2.27. The average molecular weight is 272 g/mol. The van der Waals surface area contributed by atoms with Gasteiger partial charge in [0, 0.05) is 56.5 Å². The van der Waals surface area contributed by atoms with Crippen molar-refractivity contribution in [2.45, 2.75) is 0 Å². The lowest BCUT2D eigenvalue weighted by Crippen LogP contribution is -2.46. The van der Waals surface area contributed by atoms with Crippen molar-refractivity contribution in [1.29, 1.82) is 0 Å². The van der Waals surface area contributed by atoms with Crippen LogP contribution in [-0.2, 0) is 0 Å². The summed E-state index contributed by atoms with van der Waals surface area (Å²) in [5.41, 5.74) is 1.71. The van der Waals surface area contributed by atoms with Gasteiger partial charge in [-0.1, -0.05) is 6.07 Å². The highest BCUT2D eigenvalue weighted by molar-refractivity contribution is 5.97. The highest BCUT2D eigenvalue weighted by Crippen LogP contribution is 2.13. The molecule has 3 N–H and O–H groups in total. The summed E-state index contributed by atoms with van der Waals surface area (Å²) in [6.45, 7) is 5.81. The number of H-pyrrole nitrogens is 1. The molecule has 1 aliphatic heterocycles. The van der Waals surface area contributed by atoms with E-state index in [1.807, 2.05) is 30.5 Å². The van der Waals surface area contributed by atoms with Crippen molar-refractivity contribution < 1.29 is 4.79 Å². The van der Waals surface area contributed by atoms with Crippen LogP contribution >= 0.6 is 0 Å². The topological polar surface area (TPSA) is 60.2 Å². The van der Waals surface area contributed by atoms with Gasteiger partial charge in [-0.25, -0.2) is 0 Å². The number of hydrogen-bond acceptors (Lipinski definition) is 3. The Morgan fingerprint density at radius 3 is 2.95 bits per heavy atom. The van der Waals surface area contributed by atoms with Gasteiger partial charge in [-0.3, -0.25) is 9.69 Å². The number of carbonyl (C=O) groups is 1. The molecule has 1 amide bonds. The minimum atomic E-state index is -0.00312. The highest BCUT2D eigenvalue weighted by Gasteiger charge is 2.10. The van der Waals surface area contributed by atoms with Gasteiger partial charge in [0.2, 0.25) is 0 Å². The zero-order valence-corrected chi connectivity index (χ0v) is 11.5. The Kier molecular flexibility index (Phi) is 3.99. The minimum absolute atomic E-state index is 0.00312. The zero-order chi connectivity index (χ0) is 13.8. The van der Waals surface area contributed by atoms with Crippen LogP contribution in [0.1, 0.15) is 10.4 Å². The molecule has 2 aromatic rings. The monoisotopic (exact) mass is 272 g/mol. The van der Waals surface area contributed by atoms with Crippen LogP contribution < -0.4 is 10.6 Å². The first-order chi connectivity index (χ1) is 9.83. The summed E-state index contributed by atoms with van der Waals surface area (Å²) in [4.78, 5) is 17.6. The van der Waals surface area contributed by atoms with Crippen molar-refractivity contribution in [2.75, 3.05) is 39.3 Å². The largest absolute Gasteiger partial charge is 0.361 e. The standard InChI is InChI=1S/C15H20N4O/c20-15(18-7-10-19-8-5-16-6-9-19)13-2-1-12-3-4-17-14(12)11-13/h1-4,11,16-17H,5-10H2,(H,18,20). The van der Waals surface area contributed by atoms with Gasteiger partial charge >= 0.3 is 0 Å². The molecule has 0 aliphatic carbocycles. The van der Waals surface area contributed by atoms with Crippen LogP contribution in [0.3, 0.4) is 0 Å². The molecule has 0 spiro atoms. The summed E-state index contributed by atoms with van der Waals surface area (Å²) in [5.74, 6) is -0.00312. The number of aromatic nitrogens is 1. The fraction of sp³-hybridized carbons (Fsp3) is 0.400. The molecule has 1 aliphatic rings. The lowest BCUT2D eigenvalue weighted by molar-refractivity contribution is 0.0947. The number of amides is 1. The fourth-order valence-corrected chi connectivity index (χ4v) is 2.55. The Morgan fingerprint density at radius 1 is 1.25 bits per heavy atom. The van der Waals surface area contributed by atoms with E-state index in [4.69, 9.17) is 0 Å². The van der Waals surface area contributed by atoms with Gasteiger partial charge in [0.25, 0.3) is 5.91 Å². The zero-order valence-electron chi connectivity index (χ0n) is 11.5. The molecule has 1 aromatic heterocycles. The SMILES string of the molecule is O=C(NCCN1CCNCC1)c1ccc2cc[nH]c2c1. The van der Waals surface area contributed by atoms with E-state index in [1.54, 1.807) is 0 Å². The molecule has 1 aromatic carbocycles. The van der Waals surface area contributed by atoms with E-state index < -0.39 is 0 Å². The maximum Gasteiger partial charge on any atom is 0.251 e. The normalized spacial score (nSPS) is 16.4. The van der Waals surface area contributed by atoms with Crippen LogP contribution in [-0.4, -0.2) is 55.1 Å². The van der Waals surface area contributed by atoms with Crippen molar-refractivity contribution in [3.8, 4) is 0 Å². The van der Waals surface area contributed by atoms with Gasteiger partial charge in [-0.05, 0) is 23.6 Å². The van der Waals surface area contributed by atoms with Gasteiger partial charge in [0.1, 0.15) is 0 Å². The molecule has 0 unspecified atom stereocenters. The predicted molar refractivity (Wildman–Crippen MR) is 79.9 cm³/mol. The molecule has 0 bridgehead atoms. The van der Waals surface area contributed by atoms with E-state index >= 15 is 0 Å². The van der Waals surface area contributed by atoms with E-state index in [1.165, 1.54) is 0 Å². The molecule has 0 atom stereocenters. The van der Waals surface area contributed by atoms with Crippen LogP contribution in [0, 0.1) is 0 Å². The maximum atomic E-state index is 12.1. The van der Waals surface area contributed by atoms with E-state index in [-0.39, 0.29) is 5.91 Å². The number of nitrogens with zero attached hydrogens (tertiary/aromatic N) is 1. The lowest BCUT2D eigenvalue weighted by atomic mass is 10.1. The van der Waals surface area contributed by atoms with Crippen LogP contribution in [0.2, 0.25) is 0 Å². The molecule has 2 heterocycles. The third-order valence-electron chi connectivity index (χ3n) is 3.74. The molecule has 1 fully saturated rings. The Balaban J connectivity index is 1.53. The fourth-order valence-electron chi connectivity index (χ4n) is 2.55. The number of fused-ring (bicyclic) bond motifs is 1. The summed E-state index contributed by atoms with van der Waals surface area (Å²) in [6.07, 6.45) is 1.89.